The van der Waals surface area contributed by atoms with Gasteiger partial charge in [-0.2, -0.15) is 5.26 Å². The van der Waals surface area contributed by atoms with Crippen molar-refractivity contribution in [2.24, 2.45) is 0 Å². The molecular formula is C6H9NO. The SMILES string of the molecule is CCC1OC1(C)C#N. The predicted molar refractivity (Wildman–Crippen MR) is 29.2 cm³/mol. The number of ether oxygens (including phenoxy) is 1. The van der Waals surface area contributed by atoms with Crippen molar-refractivity contribution >= 4 is 0 Å². The molecule has 1 aliphatic heterocycles. The van der Waals surface area contributed by atoms with Crippen LogP contribution in [0.5, 0.6) is 0 Å². The molecule has 1 saturated heterocycles. The second-order valence-electron chi connectivity index (χ2n) is 2.23. The Labute approximate surface area is 49.1 Å². The summed E-state index contributed by atoms with van der Waals surface area (Å²) >= 11 is 0. The van der Waals surface area contributed by atoms with Gasteiger partial charge in [0, 0.05) is 0 Å². The lowest BCUT2D eigenvalue weighted by Gasteiger charge is -1.84. The fourth-order valence-corrected chi connectivity index (χ4v) is 0.833. The van der Waals surface area contributed by atoms with Crippen molar-refractivity contribution < 1.29 is 4.74 Å². The molecule has 0 radical (unpaired) electrons. The molecule has 1 heterocycles. The Bertz CT molecular complexity index is 138. The topological polar surface area (TPSA) is 36.3 Å². The average Bonchev–Trinajstić information content (AvgIpc) is 2.44. The summed E-state index contributed by atoms with van der Waals surface area (Å²) in [5, 5.41) is 8.39. The van der Waals surface area contributed by atoms with E-state index in [0.717, 1.165) is 6.42 Å². The highest BCUT2D eigenvalue weighted by Crippen LogP contribution is 2.36. The summed E-state index contributed by atoms with van der Waals surface area (Å²) in [5.74, 6) is 0. The van der Waals surface area contributed by atoms with E-state index in [1.165, 1.54) is 0 Å². The Balaban J connectivity index is 2.46. The number of hydrogen-bond acceptors (Lipinski definition) is 2. The highest BCUT2D eigenvalue weighted by molar-refractivity contribution is 5.14. The molecule has 0 saturated carbocycles. The summed E-state index contributed by atoms with van der Waals surface area (Å²) in [6.45, 7) is 3.84. The van der Waals surface area contributed by atoms with Gasteiger partial charge in [-0.3, -0.25) is 0 Å². The fourth-order valence-electron chi connectivity index (χ4n) is 0.833. The van der Waals surface area contributed by atoms with Crippen LogP contribution in [-0.2, 0) is 4.74 Å². The zero-order chi connectivity index (χ0) is 6.20. The number of nitrogens with zero attached hydrogens (tertiary/aromatic N) is 1. The Kier molecular flexibility index (Phi) is 1.02. The molecule has 0 aromatic rings. The molecule has 0 N–H and O–H groups in total. The third-order valence-electron chi connectivity index (χ3n) is 1.54. The first kappa shape index (κ1) is 5.58. The molecule has 8 heavy (non-hydrogen) atoms. The van der Waals surface area contributed by atoms with Crippen molar-refractivity contribution in [1.29, 1.82) is 5.26 Å². The molecule has 0 spiro atoms. The van der Waals surface area contributed by atoms with Crippen LogP contribution in [0.4, 0.5) is 0 Å². The molecule has 0 aromatic carbocycles. The van der Waals surface area contributed by atoms with Crippen LogP contribution in [0.2, 0.25) is 0 Å². The zero-order valence-electron chi connectivity index (χ0n) is 5.14. The maximum absolute atomic E-state index is 8.39. The van der Waals surface area contributed by atoms with Crippen LogP contribution in [0.1, 0.15) is 20.3 Å². The number of hydrogen-bond donors (Lipinski definition) is 0. The van der Waals surface area contributed by atoms with E-state index in [2.05, 4.69) is 6.07 Å². The van der Waals surface area contributed by atoms with E-state index in [4.69, 9.17) is 10.00 Å². The van der Waals surface area contributed by atoms with Gasteiger partial charge in [0.05, 0.1) is 0 Å². The van der Waals surface area contributed by atoms with E-state index < -0.39 is 5.60 Å². The van der Waals surface area contributed by atoms with E-state index in [-0.39, 0.29) is 6.10 Å². The van der Waals surface area contributed by atoms with Gasteiger partial charge in [0.15, 0.2) is 5.60 Å². The quantitative estimate of drug-likeness (QED) is 0.474. The molecule has 0 aromatic heterocycles. The normalized spacial score (nSPS) is 43.4. The summed E-state index contributed by atoms with van der Waals surface area (Å²) in [5.41, 5.74) is -0.436. The highest BCUT2D eigenvalue weighted by atomic mass is 16.6. The summed E-state index contributed by atoms with van der Waals surface area (Å²) in [4.78, 5) is 0. The monoisotopic (exact) mass is 111 g/mol. The van der Waals surface area contributed by atoms with Crippen LogP contribution >= 0.6 is 0 Å². The first-order chi connectivity index (χ1) is 3.73. The van der Waals surface area contributed by atoms with Crippen LogP contribution in [0, 0.1) is 11.3 Å². The van der Waals surface area contributed by atoms with Gasteiger partial charge in [0.2, 0.25) is 0 Å². The molecule has 2 heteroatoms. The van der Waals surface area contributed by atoms with E-state index in [9.17, 15) is 0 Å². The maximum atomic E-state index is 8.39. The summed E-state index contributed by atoms with van der Waals surface area (Å²) in [7, 11) is 0. The molecule has 1 fully saturated rings. The number of nitriles is 1. The molecule has 1 rings (SSSR count). The Hall–Kier alpha value is -0.550. The van der Waals surface area contributed by atoms with Gasteiger partial charge in [-0.25, -0.2) is 0 Å². The van der Waals surface area contributed by atoms with Crippen molar-refractivity contribution in [3.63, 3.8) is 0 Å². The van der Waals surface area contributed by atoms with E-state index in [1.807, 2.05) is 13.8 Å². The summed E-state index contributed by atoms with van der Waals surface area (Å²) < 4.78 is 5.04. The lowest BCUT2D eigenvalue weighted by Crippen LogP contribution is -2.03. The maximum Gasteiger partial charge on any atom is 0.177 e. The van der Waals surface area contributed by atoms with Crippen LogP contribution < -0.4 is 0 Å². The molecule has 0 bridgehead atoms. The van der Waals surface area contributed by atoms with Crippen LogP contribution in [0.15, 0.2) is 0 Å². The van der Waals surface area contributed by atoms with E-state index >= 15 is 0 Å². The van der Waals surface area contributed by atoms with E-state index in [0.29, 0.717) is 0 Å². The average molecular weight is 111 g/mol. The Morgan fingerprint density at radius 1 is 1.88 bits per heavy atom. The molecular weight excluding hydrogens is 102 g/mol. The van der Waals surface area contributed by atoms with Gasteiger partial charge in [0.25, 0.3) is 0 Å². The molecule has 44 valence electrons. The molecule has 1 aliphatic rings. The minimum Gasteiger partial charge on any atom is -0.350 e. The molecule has 2 atom stereocenters. The van der Waals surface area contributed by atoms with Gasteiger partial charge in [-0.1, -0.05) is 6.92 Å². The predicted octanol–water partition coefficient (Wildman–Crippen LogP) is 1.08. The van der Waals surface area contributed by atoms with Gasteiger partial charge in [-0.15, -0.1) is 0 Å². The van der Waals surface area contributed by atoms with Crippen molar-refractivity contribution in [3.05, 3.63) is 0 Å². The lowest BCUT2D eigenvalue weighted by atomic mass is 10.1. The summed E-state index contributed by atoms with van der Waals surface area (Å²) in [6, 6.07) is 2.09. The van der Waals surface area contributed by atoms with Gasteiger partial charge < -0.3 is 4.74 Å². The van der Waals surface area contributed by atoms with Crippen molar-refractivity contribution in [2.75, 3.05) is 0 Å². The van der Waals surface area contributed by atoms with Crippen molar-refractivity contribution in [3.8, 4) is 6.07 Å². The minimum absolute atomic E-state index is 0.201. The molecule has 2 nitrogen and oxygen atoms in total. The molecule has 0 amide bonds. The van der Waals surface area contributed by atoms with E-state index in [1.54, 1.807) is 0 Å². The zero-order valence-corrected chi connectivity index (χ0v) is 5.14. The summed E-state index contributed by atoms with van der Waals surface area (Å²) in [6.07, 6.45) is 1.15. The smallest absolute Gasteiger partial charge is 0.177 e. The number of epoxide rings is 1. The second-order valence-corrected chi connectivity index (χ2v) is 2.23. The van der Waals surface area contributed by atoms with Crippen LogP contribution in [-0.4, -0.2) is 11.7 Å². The highest BCUT2D eigenvalue weighted by Gasteiger charge is 2.51. The van der Waals surface area contributed by atoms with Crippen molar-refractivity contribution in [2.45, 2.75) is 32.0 Å². The molecule has 2 unspecified atom stereocenters. The van der Waals surface area contributed by atoms with Gasteiger partial charge in [0.1, 0.15) is 12.2 Å². The Morgan fingerprint density at radius 2 is 2.50 bits per heavy atom. The first-order valence-corrected chi connectivity index (χ1v) is 2.82. The van der Waals surface area contributed by atoms with Gasteiger partial charge in [-0.05, 0) is 13.3 Å². The molecule has 0 aliphatic carbocycles. The fraction of sp³-hybridized carbons (Fsp3) is 0.833. The minimum atomic E-state index is -0.436. The van der Waals surface area contributed by atoms with Crippen LogP contribution in [0.25, 0.3) is 0 Å². The first-order valence-electron chi connectivity index (χ1n) is 2.82. The van der Waals surface area contributed by atoms with Crippen molar-refractivity contribution in [1.82, 2.24) is 0 Å². The standard InChI is InChI=1S/C6H9NO/c1-3-5-6(2,4-7)8-5/h5H,3H2,1-2H3. The number of rotatable bonds is 1. The van der Waals surface area contributed by atoms with Gasteiger partial charge >= 0.3 is 0 Å². The lowest BCUT2D eigenvalue weighted by molar-refractivity contribution is 0.344. The van der Waals surface area contributed by atoms with Crippen LogP contribution in [0.3, 0.4) is 0 Å². The largest absolute Gasteiger partial charge is 0.350 e. The third-order valence-corrected chi connectivity index (χ3v) is 1.54. The third kappa shape index (κ3) is 0.597. The second kappa shape index (κ2) is 1.46. The Morgan fingerprint density at radius 3 is 2.62 bits per heavy atom.